The molecular weight excluding hydrogens is 748 g/mol. The number of benzene rings is 2. The molecule has 2 aromatic heterocycles. The van der Waals surface area contributed by atoms with Gasteiger partial charge in [-0.3, -0.25) is 29.5 Å². The van der Waals surface area contributed by atoms with E-state index in [1.807, 2.05) is 35.2 Å². The van der Waals surface area contributed by atoms with Gasteiger partial charge in [0.2, 0.25) is 11.8 Å². The van der Waals surface area contributed by atoms with Gasteiger partial charge in [-0.05, 0) is 81.0 Å². The fourth-order valence-electron chi connectivity index (χ4n) is 8.39. The summed E-state index contributed by atoms with van der Waals surface area (Å²) in [6.07, 6.45) is 7.15. The number of nitrogens with zero attached hydrogens (tertiary/aromatic N) is 8. The van der Waals surface area contributed by atoms with Crippen LogP contribution in [0.3, 0.4) is 0 Å². The van der Waals surface area contributed by atoms with Crippen LogP contribution < -0.4 is 25.2 Å². The van der Waals surface area contributed by atoms with Crippen LogP contribution in [0.4, 0.5) is 16.3 Å². The second-order valence-corrected chi connectivity index (χ2v) is 15.6. The second kappa shape index (κ2) is 16.8. The molecule has 4 aromatic rings. The lowest BCUT2D eigenvalue weighted by atomic mass is 9.93. The van der Waals surface area contributed by atoms with Crippen LogP contribution in [0.1, 0.15) is 67.0 Å². The van der Waals surface area contributed by atoms with Crippen LogP contribution in [0.5, 0.6) is 5.75 Å². The van der Waals surface area contributed by atoms with Crippen molar-refractivity contribution in [1.29, 1.82) is 5.26 Å². The number of piperazine rings is 1. The average molecular weight is 793 g/mol. The number of hydrogen-bond donors (Lipinski definition) is 2. The highest BCUT2D eigenvalue weighted by molar-refractivity contribution is 6.31. The maximum Gasteiger partial charge on any atom is 0.328 e. The molecule has 2 N–H and O–H groups in total. The molecular formula is C41H45ClN10O5. The highest BCUT2D eigenvalue weighted by Gasteiger charge is 2.30. The average Bonchev–Trinajstić information content (AvgIpc) is 3.67. The van der Waals surface area contributed by atoms with Gasteiger partial charge in [0.1, 0.15) is 11.8 Å². The zero-order valence-corrected chi connectivity index (χ0v) is 32.4. The highest BCUT2D eigenvalue weighted by Crippen LogP contribution is 2.34. The number of fused-ring (bicyclic) bond motifs is 1. The summed E-state index contributed by atoms with van der Waals surface area (Å²) in [7, 11) is 0. The van der Waals surface area contributed by atoms with E-state index in [1.54, 1.807) is 29.2 Å². The molecule has 3 saturated heterocycles. The van der Waals surface area contributed by atoms with Crippen molar-refractivity contribution in [2.45, 2.75) is 63.1 Å². The van der Waals surface area contributed by atoms with E-state index in [1.165, 1.54) is 0 Å². The number of ether oxygens (including phenoxy) is 1. The molecule has 0 bridgehead atoms. The lowest BCUT2D eigenvalue weighted by molar-refractivity contribution is -0.133. The first-order valence-corrected chi connectivity index (χ1v) is 20.1. The molecule has 4 fully saturated rings. The first-order chi connectivity index (χ1) is 27.7. The normalized spacial score (nSPS) is 20.9. The van der Waals surface area contributed by atoms with Gasteiger partial charge in [-0.1, -0.05) is 17.7 Å². The second-order valence-electron chi connectivity index (χ2n) is 15.2. The summed E-state index contributed by atoms with van der Waals surface area (Å²) in [5, 5.41) is 24.5. The predicted octanol–water partition coefficient (Wildman–Crippen LogP) is 4.51. The number of urea groups is 1. The third kappa shape index (κ3) is 8.52. The fraction of sp³-hybridized carbons (Fsp3) is 0.439. The number of amides is 5. The third-order valence-corrected chi connectivity index (χ3v) is 11.9. The van der Waals surface area contributed by atoms with Crippen LogP contribution in [0, 0.1) is 11.3 Å². The first-order valence-electron chi connectivity index (χ1n) is 19.7. The zero-order chi connectivity index (χ0) is 39.5. The van der Waals surface area contributed by atoms with Gasteiger partial charge in [-0.15, -0.1) is 10.2 Å². The minimum absolute atomic E-state index is 0.0136. The first kappa shape index (κ1) is 38.2. The predicted molar refractivity (Wildman–Crippen MR) is 213 cm³/mol. The maximum absolute atomic E-state index is 13.4. The Morgan fingerprint density at radius 2 is 1.70 bits per heavy atom. The molecule has 2 aromatic carbocycles. The van der Waals surface area contributed by atoms with E-state index >= 15 is 0 Å². The van der Waals surface area contributed by atoms with Gasteiger partial charge in [0.15, 0.2) is 11.5 Å². The molecule has 8 rings (SSSR count). The van der Waals surface area contributed by atoms with Crippen molar-refractivity contribution >= 4 is 57.8 Å². The van der Waals surface area contributed by atoms with E-state index in [2.05, 4.69) is 47.5 Å². The van der Waals surface area contributed by atoms with Crippen LogP contribution in [0.2, 0.25) is 5.02 Å². The Labute approximate surface area is 335 Å². The summed E-state index contributed by atoms with van der Waals surface area (Å²) >= 11 is 6.14. The number of carbonyl (C=O) groups excluding carboxylic acids is 4. The molecule has 0 radical (unpaired) electrons. The van der Waals surface area contributed by atoms with Gasteiger partial charge < -0.3 is 24.4 Å². The Morgan fingerprint density at radius 3 is 2.40 bits per heavy atom. The van der Waals surface area contributed by atoms with Gasteiger partial charge in [-0.25, -0.2) is 4.79 Å². The standard InChI is InChI=1S/C41H45ClN10O5/c42-33-24-31(7-4-27(33)25-43)57-30-8-5-28(6-9-30)44-40(55)34-10-11-37(47-46-34)49-22-20-48(21-23-49)26-39(54)50-16-12-29(13-17-50)51-18-14-32-35(51)2-1-3-36(32)52-19-15-38(53)45-41(52)56/h1-4,7,10-11,14,18,24,28-30H,5-6,8-9,12-13,15-17,19-23,26H2,(H,44,55)(H,45,53,56). The Balaban J connectivity index is 0.758. The topological polar surface area (TPSA) is 169 Å². The van der Waals surface area contributed by atoms with Crippen LogP contribution >= 0.6 is 11.6 Å². The van der Waals surface area contributed by atoms with E-state index < -0.39 is 6.03 Å². The van der Waals surface area contributed by atoms with E-state index in [-0.39, 0.29) is 48.0 Å². The number of piperidine rings is 1. The van der Waals surface area contributed by atoms with Gasteiger partial charge in [0.25, 0.3) is 5.91 Å². The molecule has 1 aliphatic carbocycles. The number of hydrogen-bond acceptors (Lipinski definition) is 10. The van der Waals surface area contributed by atoms with Crippen molar-refractivity contribution in [1.82, 2.24) is 35.2 Å². The number of imide groups is 1. The van der Waals surface area contributed by atoms with E-state index in [4.69, 9.17) is 21.6 Å². The van der Waals surface area contributed by atoms with Crippen molar-refractivity contribution in [3.8, 4) is 11.8 Å². The molecule has 0 spiro atoms. The third-order valence-electron chi connectivity index (χ3n) is 11.6. The summed E-state index contributed by atoms with van der Waals surface area (Å²) in [5.41, 5.74) is 2.52. The quantitative estimate of drug-likeness (QED) is 0.246. The molecule has 3 aliphatic heterocycles. The molecule has 16 heteroatoms. The van der Waals surface area contributed by atoms with Crippen LogP contribution in [0.15, 0.2) is 60.8 Å². The number of rotatable bonds is 9. The number of carbonyl (C=O) groups is 4. The Morgan fingerprint density at radius 1 is 0.912 bits per heavy atom. The molecule has 0 atom stereocenters. The molecule has 1 saturated carbocycles. The molecule has 0 unspecified atom stereocenters. The minimum atomic E-state index is -0.392. The number of nitriles is 1. The SMILES string of the molecule is N#Cc1ccc(OC2CCC(NC(=O)c3ccc(N4CCN(CC(=O)N5CCC(n6ccc7c(N8CCC(=O)NC8=O)cccc76)CC5)CC4)nn3)CC2)cc1Cl. The minimum Gasteiger partial charge on any atom is -0.490 e. The molecule has 5 heterocycles. The van der Waals surface area contributed by atoms with Crippen molar-refractivity contribution in [2.75, 3.05) is 62.2 Å². The van der Waals surface area contributed by atoms with Gasteiger partial charge in [0, 0.05) is 82.0 Å². The molecule has 57 heavy (non-hydrogen) atoms. The van der Waals surface area contributed by atoms with E-state index in [0.717, 1.165) is 68.2 Å². The summed E-state index contributed by atoms with van der Waals surface area (Å²) in [6, 6.07) is 18.5. The van der Waals surface area contributed by atoms with Gasteiger partial charge >= 0.3 is 6.03 Å². The maximum atomic E-state index is 13.4. The molecule has 15 nitrogen and oxygen atoms in total. The summed E-state index contributed by atoms with van der Waals surface area (Å²) in [6.45, 7) is 4.93. The van der Waals surface area contributed by atoms with Gasteiger partial charge in [0.05, 0.1) is 34.4 Å². The molecule has 4 aliphatic rings. The highest BCUT2D eigenvalue weighted by atomic mass is 35.5. The smallest absolute Gasteiger partial charge is 0.328 e. The number of anilines is 2. The molecule has 5 amide bonds. The van der Waals surface area contributed by atoms with E-state index in [9.17, 15) is 19.2 Å². The van der Waals surface area contributed by atoms with Crippen LogP contribution in [-0.2, 0) is 9.59 Å². The number of halogens is 1. The van der Waals surface area contributed by atoms with Crippen molar-refractivity contribution in [3.63, 3.8) is 0 Å². The lowest BCUT2D eigenvalue weighted by Gasteiger charge is -2.37. The lowest BCUT2D eigenvalue weighted by Crippen LogP contribution is -2.51. The monoisotopic (exact) mass is 792 g/mol. The van der Waals surface area contributed by atoms with Crippen LogP contribution in [0.25, 0.3) is 10.9 Å². The summed E-state index contributed by atoms with van der Waals surface area (Å²) in [4.78, 5) is 58.5. The Bertz CT molecular complexity index is 2180. The summed E-state index contributed by atoms with van der Waals surface area (Å²) < 4.78 is 8.33. The van der Waals surface area contributed by atoms with Crippen molar-refractivity contribution in [3.05, 3.63) is 77.1 Å². The number of aromatic nitrogens is 3. The number of nitrogens with one attached hydrogen (secondary N) is 2. The number of likely N-dealkylation sites (tertiary alicyclic amines) is 1. The van der Waals surface area contributed by atoms with Gasteiger partial charge in [-0.2, -0.15) is 5.26 Å². The largest absolute Gasteiger partial charge is 0.490 e. The summed E-state index contributed by atoms with van der Waals surface area (Å²) in [5.74, 6) is 0.983. The van der Waals surface area contributed by atoms with Crippen molar-refractivity contribution in [2.24, 2.45) is 0 Å². The van der Waals surface area contributed by atoms with E-state index in [0.29, 0.717) is 61.4 Å². The fourth-order valence-corrected chi connectivity index (χ4v) is 8.60. The zero-order valence-electron chi connectivity index (χ0n) is 31.6. The van der Waals surface area contributed by atoms with Crippen molar-refractivity contribution < 1.29 is 23.9 Å². The van der Waals surface area contributed by atoms with Crippen LogP contribution in [-0.4, -0.2) is 113 Å². The Hall–Kier alpha value is -5.72. The molecule has 296 valence electrons. The Kier molecular flexibility index (Phi) is 11.2.